The molecule has 0 unspecified atom stereocenters. The van der Waals surface area contributed by atoms with Gasteiger partial charge in [-0.3, -0.25) is 4.79 Å². The lowest BCUT2D eigenvalue weighted by Crippen LogP contribution is -2.43. The molecule has 1 N–H and O–H groups in total. The summed E-state index contributed by atoms with van der Waals surface area (Å²) >= 11 is 0. The number of halogens is 1. The van der Waals surface area contributed by atoms with E-state index in [0.29, 0.717) is 6.61 Å². The first-order valence-corrected chi connectivity index (χ1v) is 8.24. The van der Waals surface area contributed by atoms with Gasteiger partial charge in [-0.1, -0.05) is 0 Å². The third-order valence-electron chi connectivity index (χ3n) is 3.00. The van der Waals surface area contributed by atoms with Crippen LogP contribution in [0.1, 0.15) is 6.92 Å². The molecule has 130 valence electrons. The summed E-state index contributed by atoms with van der Waals surface area (Å²) in [5.41, 5.74) is 0. The number of methoxy groups -OCH3 is 2. The minimum Gasteiger partial charge on any atom is -0.495 e. The van der Waals surface area contributed by atoms with Gasteiger partial charge >= 0.3 is 0 Å². The number of ether oxygens (including phenoxy) is 2. The van der Waals surface area contributed by atoms with Crippen LogP contribution in [-0.4, -0.2) is 59.1 Å². The van der Waals surface area contributed by atoms with E-state index in [4.69, 9.17) is 9.47 Å². The van der Waals surface area contributed by atoms with Gasteiger partial charge in [-0.15, -0.1) is 0 Å². The van der Waals surface area contributed by atoms with Crippen LogP contribution in [0, 0.1) is 5.82 Å². The number of carbonyl (C=O) groups is 1. The number of likely N-dealkylation sites (N-methyl/N-ethyl adjacent to an activating group) is 1. The molecule has 1 aromatic carbocycles. The molecule has 0 aliphatic rings. The Morgan fingerprint density at radius 1 is 1.39 bits per heavy atom. The molecule has 0 aliphatic carbocycles. The van der Waals surface area contributed by atoms with Crippen molar-refractivity contribution >= 4 is 15.9 Å². The Hall–Kier alpha value is -1.71. The fourth-order valence-corrected chi connectivity index (χ4v) is 3.21. The molecule has 0 saturated heterocycles. The molecule has 1 amide bonds. The summed E-state index contributed by atoms with van der Waals surface area (Å²) in [6.07, 6.45) is 0. The number of hydrogen-bond donors (Lipinski definition) is 1. The minimum absolute atomic E-state index is 0.00593. The van der Waals surface area contributed by atoms with E-state index in [1.807, 2.05) is 0 Å². The second-order valence-corrected chi connectivity index (χ2v) is 6.99. The summed E-state index contributed by atoms with van der Waals surface area (Å²) in [5.74, 6) is -1.20. The van der Waals surface area contributed by atoms with Gasteiger partial charge in [0.05, 0.1) is 20.3 Å². The Morgan fingerprint density at radius 3 is 2.61 bits per heavy atom. The summed E-state index contributed by atoms with van der Waals surface area (Å²) in [4.78, 5) is 11.5. The van der Waals surface area contributed by atoms with Crippen LogP contribution in [0.2, 0.25) is 0 Å². The molecule has 1 atom stereocenters. The molecule has 0 aromatic heterocycles. The van der Waals surface area contributed by atoms with Crippen LogP contribution in [0.15, 0.2) is 23.1 Å². The number of sulfonamides is 1. The zero-order valence-corrected chi connectivity index (χ0v) is 14.3. The van der Waals surface area contributed by atoms with Gasteiger partial charge in [0.25, 0.3) is 0 Å². The van der Waals surface area contributed by atoms with Crippen molar-refractivity contribution in [1.29, 1.82) is 0 Å². The molecular weight excluding hydrogens is 327 g/mol. The number of nitrogens with zero attached hydrogens (tertiary/aromatic N) is 1. The van der Waals surface area contributed by atoms with Crippen molar-refractivity contribution in [3.63, 3.8) is 0 Å². The van der Waals surface area contributed by atoms with Crippen LogP contribution >= 0.6 is 0 Å². The zero-order chi connectivity index (χ0) is 17.6. The Labute approximate surface area is 135 Å². The van der Waals surface area contributed by atoms with Gasteiger partial charge in [0.2, 0.25) is 15.9 Å². The van der Waals surface area contributed by atoms with Crippen molar-refractivity contribution in [1.82, 2.24) is 9.62 Å². The highest BCUT2D eigenvalue weighted by molar-refractivity contribution is 7.89. The first kappa shape index (κ1) is 19.3. The number of benzene rings is 1. The number of hydrogen-bond acceptors (Lipinski definition) is 5. The van der Waals surface area contributed by atoms with Gasteiger partial charge in [0, 0.05) is 20.2 Å². The molecule has 0 radical (unpaired) electrons. The number of carbonyl (C=O) groups excluding carboxylic acids is 1. The molecular formula is C14H21FN2O5S. The fraction of sp³-hybridized carbons (Fsp3) is 0.500. The second-order valence-electron chi connectivity index (χ2n) is 4.98. The normalized spacial score (nSPS) is 13.0. The van der Waals surface area contributed by atoms with E-state index in [1.165, 1.54) is 27.3 Å². The second kappa shape index (κ2) is 8.23. The van der Waals surface area contributed by atoms with E-state index in [2.05, 4.69) is 5.32 Å². The average molecular weight is 348 g/mol. The quantitative estimate of drug-likeness (QED) is 0.744. The van der Waals surface area contributed by atoms with Crippen LogP contribution in [0.5, 0.6) is 5.75 Å². The fourth-order valence-electron chi connectivity index (χ4n) is 1.92. The molecule has 0 bridgehead atoms. The highest BCUT2D eigenvalue weighted by Crippen LogP contribution is 2.26. The van der Waals surface area contributed by atoms with Crippen LogP contribution in [-0.2, 0) is 19.6 Å². The van der Waals surface area contributed by atoms with E-state index in [1.54, 1.807) is 6.92 Å². The Bertz CT molecular complexity index is 651. The summed E-state index contributed by atoms with van der Waals surface area (Å²) in [6, 6.07) is 2.91. The summed E-state index contributed by atoms with van der Waals surface area (Å²) in [5, 5.41) is 2.60. The van der Waals surface area contributed by atoms with E-state index in [0.717, 1.165) is 16.4 Å². The van der Waals surface area contributed by atoms with Crippen LogP contribution in [0.3, 0.4) is 0 Å². The highest BCUT2D eigenvalue weighted by atomic mass is 32.2. The van der Waals surface area contributed by atoms with Crippen LogP contribution in [0.25, 0.3) is 0 Å². The predicted molar refractivity (Wildman–Crippen MR) is 82.2 cm³/mol. The Kier molecular flexibility index (Phi) is 6.92. The van der Waals surface area contributed by atoms with Gasteiger partial charge in [-0.05, 0) is 25.1 Å². The van der Waals surface area contributed by atoms with Crippen molar-refractivity contribution in [2.75, 3.05) is 34.4 Å². The lowest BCUT2D eigenvalue weighted by atomic mass is 10.3. The number of nitrogens with one attached hydrogen (secondary N) is 1. The predicted octanol–water partition coefficient (Wildman–Crippen LogP) is 0.606. The van der Waals surface area contributed by atoms with E-state index >= 15 is 0 Å². The summed E-state index contributed by atoms with van der Waals surface area (Å²) in [6.45, 7) is 1.63. The maximum absolute atomic E-state index is 13.4. The lowest BCUT2D eigenvalue weighted by Gasteiger charge is -2.20. The third kappa shape index (κ3) is 5.15. The Balaban J connectivity index is 2.92. The molecule has 0 saturated carbocycles. The smallest absolute Gasteiger partial charge is 0.247 e. The van der Waals surface area contributed by atoms with Crippen molar-refractivity contribution in [2.45, 2.75) is 17.9 Å². The Morgan fingerprint density at radius 2 is 2.04 bits per heavy atom. The molecule has 0 fully saturated rings. The molecule has 0 heterocycles. The van der Waals surface area contributed by atoms with E-state index in [9.17, 15) is 17.6 Å². The van der Waals surface area contributed by atoms with E-state index in [-0.39, 0.29) is 16.7 Å². The van der Waals surface area contributed by atoms with Gasteiger partial charge < -0.3 is 14.8 Å². The number of amides is 1. The van der Waals surface area contributed by atoms with Crippen LogP contribution in [0.4, 0.5) is 4.39 Å². The minimum atomic E-state index is -4.07. The van der Waals surface area contributed by atoms with Gasteiger partial charge in [-0.2, -0.15) is 4.31 Å². The zero-order valence-electron chi connectivity index (χ0n) is 13.5. The van der Waals surface area contributed by atoms with Crippen molar-refractivity contribution in [3.05, 3.63) is 24.0 Å². The first-order valence-electron chi connectivity index (χ1n) is 6.80. The molecule has 1 aromatic rings. The lowest BCUT2D eigenvalue weighted by molar-refractivity contribution is -0.122. The summed E-state index contributed by atoms with van der Waals surface area (Å²) < 4.78 is 49.0. The topological polar surface area (TPSA) is 84.9 Å². The maximum Gasteiger partial charge on any atom is 0.247 e. The first-order chi connectivity index (χ1) is 10.7. The van der Waals surface area contributed by atoms with Crippen molar-refractivity contribution in [3.8, 4) is 5.75 Å². The molecule has 9 heteroatoms. The van der Waals surface area contributed by atoms with Crippen molar-refractivity contribution < 1.29 is 27.1 Å². The molecule has 1 rings (SSSR count). The number of rotatable bonds is 8. The molecule has 7 nitrogen and oxygen atoms in total. The van der Waals surface area contributed by atoms with Gasteiger partial charge in [0.1, 0.15) is 16.5 Å². The largest absolute Gasteiger partial charge is 0.495 e. The van der Waals surface area contributed by atoms with Gasteiger partial charge in [-0.25, -0.2) is 12.8 Å². The van der Waals surface area contributed by atoms with E-state index < -0.39 is 28.3 Å². The molecule has 0 aliphatic heterocycles. The molecule has 23 heavy (non-hydrogen) atoms. The van der Waals surface area contributed by atoms with Crippen molar-refractivity contribution in [2.24, 2.45) is 0 Å². The maximum atomic E-state index is 13.4. The highest BCUT2D eigenvalue weighted by Gasteiger charge is 2.27. The monoisotopic (exact) mass is 348 g/mol. The SMILES string of the molecule is COC[C@H](C)NC(=O)CN(C)S(=O)(=O)c1cc(F)ccc1OC. The average Bonchev–Trinajstić information content (AvgIpc) is 2.47. The third-order valence-corrected chi connectivity index (χ3v) is 4.83. The summed E-state index contributed by atoms with van der Waals surface area (Å²) in [7, 11) is -0.0561. The molecule has 0 spiro atoms. The van der Waals surface area contributed by atoms with Gasteiger partial charge in [0.15, 0.2) is 0 Å². The van der Waals surface area contributed by atoms with Crippen LogP contribution < -0.4 is 10.1 Å². The standard InChI is InChI=1S/C14H21FN2O5S/c1-10(9-21-3)16-14(18)8-17(2)23(19,20)13-7-11(15)5-6-12(13)22-4/h5-7,10H,8-9H2,1-4H3,(H,16,18)/t10-/m0/s1.